The lowest BCUT2D eigenvalue weighted by Gasteiger charge is -2.28. The van der Waals surface area contributed by atoms with Crippen LogP contribution in [0, 0.1) is 0 Å². The van der Waals surface area contributed by atoms with Gasteiger partial charge in [0, 0.05) is 10.8 Å². The summed E-state index contributed by atoms with van der Waals surface area (Å²) in [5, 5.41) is 2.83. The van der Waals surface area contributed by atoms with Crippen LogP contribution in [-0.2, 0) is 11.8 Å². The van der Waals surface area contributed by atoms with Crippen LogP contribution in [-0.4, -0.2) is 4.98 Å². The Labute approximate surface area is 118 Å². The number of hydrogen-bond donors (Lipinski definition) is 1. The van der Waals surface area contributed by atoms with Gasteiger partial charge in [-0.05, 0) is 30.4 Å². The van der Waals surface area contributed by atoms with Gasteiger partial charge in [0.2, 0.25) is 0 Å². The van der Waals surface area contributed by atoms with Gasteiger partial charge in [0.05, 0.1) is 5.69 Å². The highest BCUT2D eigenvalue weighted by Crippen LogP contribution is 2.46. The topological polar surface area (TPSA) is 38.9 Å². The molecular formula is C16H20N2S. The van der Waals surface area contributed by atoms with Gasteiger partial charge in [0.25, 0.3) is 0 Å². The SMILES string of the molecule is CCc1ccc(C2(c3csc(N)n3)CCCC2)cc1. The molecule has 100 valence electrons. The van der Waals surface area contributed by atoms with E-state index in [1.54, 1.807) is 11.3 Å². The minimum Gasteiger partial charge on any atom is -0.375 e. The van der Waals surface area contributed by atoms with Crippen molar-refractivity contribution in [2.24, 2.45) is 0 Å². The third-order valence-electron chi connectivity index (χ3n) is 4.38. The molecule has 0 amide bonds. The first-order valence-corrected chi connectivity index (χ1v) is 7.93. The van der Waals surface area contributed by atoms with Crippen molar-refractivity contribution < 1.29 is 0 Å². The summed E-state index contributed by atoms with van der Waals surface area (Å²) in [7, 11) is 0. The average molecular weight is 272 g/mol. The third kappa shape index (κ3) is 2.16. The van der Waals surface area contributed by atoms with E-state index in [9.17, 15) is 0 Å². The number of nitrogen functional groups attached to an aromatic ring is 1. The van der Waals surface area contributed by atoms with Crippen LogP contribution in [0.2, 0.25) is 0 Å². The van der Waals surface area contributed by atoms with Crippen LogP contribution in [0.5, 0.6) is 0 Å². The first kappa shape index (κ1) is 12.7. The van der Waals surface area contributed by atoms with Crippen molar-refractivity contribution in [3.63, 3.8) is 0 Å². The Hall–Kier alpha value is -1.35. The summed E-state index contributed by atoms with van der Waals surface area (Å²) in [6, 6.07) is 9.09. The molecule has 1 aromatic heterocycles. The maximum atomic E-state index is 5.84. The highest BCUT2D eigenvalue weighted by Gasteiger charge is 2.39. The number of rotatable bonds is 3. The van der Waals surface area contributed by atoms with Crippen molar-refractivity contribution in [3.8, 4) is 0 Å². The molecule has 0 saturated heterocycles. The Balaban J connectivity index is 2.04. The van der Waals surface area contributed by atoms with Gasteiger partial charge in [-0.1, -0.05) is 44.0 Å². The summed E-state index contributed by atoms with van der Waals surface area (Å²) >= 11 is 1.56. The molecule has 0 aliphatic heterocycles. The zero-order chi connectivity index (χ0) is 13.3. The summed E-state index contributed by atoms with van der Waals surface area (Å²) in [6.07, 6.45) is 6.06. The van der Waals surface area contributed by atoms with Gasteiger partial charge in [-0.15, -0.1) is 11.3 Å². The monoisotopic (exact) mass is 272 g/mol. The summed E-state index contributed by atoms with van der Waals surface area (Å²) in [6.45, 7) is 2.20. The molecule has 1 fully saturated rings. The van der Waals surface area contributed by atoms with Crippen molar-refractivity contribution in [2.75, 3.05) is 5.73 Å². The average Bonchev–Trinajstić information content (AvgIpc) is 3.08. The van der Waals surface area contributed by atoms with E-state index in [1.807, 2.05) is 0 Å². The quantitative estimate of drug-likeness (QED) is 0.911. The first-order chi connectivity index (χ1) is 9.24. The fraction of sp³-hybridized carbons (Fsp3) is 0.438. The predicted molar refractivity (Wildman–Crippen MR) is 81.6 cm³/mol. The molecule has 19 heavy (non-hydrogen) atoms. The maximum Gasteiger partial charge on any atom is 0.180 e. The second-order valence-corrected chi connectivity index (χ2v) is 6.30. The Bertz CT molecular complexity index is 550. The second kappa shape index (κ2) is 4.97. The van der Waals surface area contributed by atoms with Crippen LogP contribution in [0.25, 0.3) is 0 Å². The molecule has 0 unspecified atom stereocenters. The number of aryl methyl sites for hydroxylation is 1. The molecule has 1 saturated carbocycles. The smallest absolute Gasteiger partial charge is 0.180 e. The van der Waals surface area contributed by atoms with Crippen LogP contribution in [0.1, 0.15) is 49.4 Å². The van der Waals surface area contributed by atoms with Gasteiger partial charge < -0.3 is 5.73 Å². The lowest BCUT2D eigenvalue weighted by atomic mass is 9.76. The molecule has 1 aliphatic rings. The summed E-state index contributed by atoms with van der Waals surface area (Å²) in [5.41, 5.74) is 9.93. The molecule has 2 aromatic rings. The van der Waals surface area contributed by atoms with E-state index in [2.05, 4.69) is 41.6 Å². The molecule has 0 atom stereocenters. The fourth-order valence-corrected chi connectivity index (χ4v) is 3.90. The van der Waals surface area contributed by atoms with Crippen molar-refractivity contribution in [3.05, 3.63) is 46.5 Å². The molecule has 0 bridgehead atoms. The Morgan fingerprint density at radius 1 is 1.21 bits per heavy atom. The van der Waals surface area contributed by atoms with Crippen molar-refractivity contribution in [1.82, 2.24) is 4.98 Å². The van der Waals surface area contributed by atoms with E-state index < -0.39 is 0 Å². The molecule has 1 aliphatic carbocycles. The number of hydrogen-bond acceptors (Lipinski definition) is 3. The number of nitrogens with two attached hydrogens (primary N) is 1. The van der Waals surface area contributed by atoms with Crippen molar-refractivity contribution >= 4 is 16.5 Å². The zero-order valence-corrected chi connectivity index (χ0v) is 12.2. The van der Waals surface area contributed by atoms with Crippen LogP contribution in [0.15, 0.2) is 29.6 Å². The fourth-order valence-electron chi connectivity index (χ4n) is 3.24. The van der Waals surface area contributed by atoms with E-state index >= 15 is 0 Å². The standard InChI is InChI=1S/C16H20N2S/c1-2-12-5-7-13(8-6-12)16(9-3-4-10-16)14-11-19-15(17)18-14/h5-8,11H,2-4,9-10H2,1H3,(H2,17,18). The predicted octanol–water partition coefficient (Wildman–Crippen LogP) is 4.15. The van der Waals surface area contributed by atoms with E-state index in [1.165, 1.54) is 42.5 Å². The van der Waals surface area contributed by atoms with Crippen LogP contribution >= 0.6 is 11.3 Å². The van der Waals surface area contributed by atoms with Gasteiger partial charge in [0.15, 0.2) is 5.13 Å². The number of thiazole rings is 1. The molecule has 0 radical (unpaired) electrons. The molecule has 3 rings (SSSR count). The first-order valence-electron chi connectivity index (χ1n) is 7.05. The highest BCUT2D eigenvalue weighted by molar-refractivity contribution is 7.13. The number of benzene rings is 1. The van der Waals surface area contributed by atoms with Crippen LogP contribution < -0.4 is 5.73 Å². The van der Waals surface area contributed by atoms with E-state index in [-0.39, 0.29) is 5.41 Å². The Kier molecular flexibility index (Phi) is 3.31. The van der Waals surface area contributed by atoms with Crippen molar-refractivity contribution in [1.29, 1.82) is 0 Å². The molecule has 1 aromatic carbocycles. The van der Waals surface area contributed by atoms with E-state index in [4.69, 9.17) is 5.73 Å². The minimum absolute atomic E-state index is 0.111. The third-order valence-corrected chi connectivity index (χ3v) is 5.06. The highest BCUT2D eigenvalue weighted by atomic mass is 32.1. The van der Waals surface area contributed by atoms with Gasteiger partial charge in [-0.25, -0.2) is 4.98 Å². The van der Waals surface area contributed by atoms with Crippen LogP contribution in [0.4, 0.5) is 5.13 Å². The summed E-state index contributed by atoms with van der Waals surface area (Å²) in [4.78, 5) is 4.58. The number of aromatic nitrogens is 1. The second-order valence-electron chi connectivity index (χ2n) is 5.41. The lowest BCUT2D eigenvalue weighted by molar-refractivity contribution is 0.522. The molecule has 0 spiro atoms. The molecule has 2 N–H and O–H groups in total. The summed E-state index contributed by atoms with van der Waals surface area (Å²) < 4.78 is 0. The van der Waals surface area contributed by atoms with Crippen molar-refractivity contribution in [2.45, 2.75) is 44.4 Å². The van der Waals surface area contributed by atoms with E-state index in [0.717, 1.165) is 6.42 Å². The molecule has 2 nitrogen and oxygen atoms in total. The Morgan fingerprint density at radius 3 is 2.42 bits per heavy atom. The number of nitrogens with zero attached hydrogens (tertiary/aromatic N) is 1. The van der Waals surface area contributed by atoms with E-state index in [0.29, 0.717) is 5.13 Å². The number of anilines is 1. The van der Waals surface area contributed by atoms with Gasteiger partial charge in [0.1, 0.15) is 0 Å². The largest absolute Gasteiger partial charge is 0.375 e. The normalized spacial score (nSPS) is 17.7. The van der Waals surface area contributed by atoms with Gasteiger partial charge in [-0.2, -0.15) is 0 Å². The van der Waals surface area contributed by atoms with Gasteiger partial charge >= 0.3 is 0 Å². The molecule has 1 heterocycles. The molecular weight excluding hydrogens is 252 g/mol. The lowest BCUT2D eigenvalue weighted by Crippen LogP contribution is -2.24. The molecule has 3 heteroatoms. The Morgan fingerprint density at radius 2 is 1.89 bits per heavy atom. The summed E-state index contributed by atoms with van der Waals surface area (Å²) in [5.74, 6) is 0. The van der Waals surface area contributed by atoms with Crippen LogP contribution in [0.3, 0.4) is 0 Å². The zero-order valence-electron chi connectivity index (χ0n) is 11.4. The van der Waals surface area contributed by atoms with Gasteiger partial charge in [-0.3, -0.25) is 0 Å². The minimum atomic E-state index is 0.111. The maximum absolute atomic E-state index is 5.84.